The molecule has 0 saturated heterocycles. The van der Waals surface area contributed by atoms with E-state index in [2.05, 4.69) is 74.2 Å². The number of nitrogens with zero attached hydrogens (tertiary/aromatic N) is 3. The number of rotatable bonds is 10. The van der Waals surface area contributed by atoms with E-state index in [9.17, 15) is 9.59 Å². The molecule has 0 atom stereocenters. The number of benzene rings is 2. The van der Waals surface area contributed by atoms with Crippen molar-refractivity contribution in [3.8, 4) is 11.4 Å². The van der Waals surface area contributed by atoms with E-state index in [0.717, 1.165) is 89.1 Å². The number of aromatic amines is 1. The van der Waals surface area contributed by atoms with Gasteiger partial charge in [0.05, 0.1) is 11.4 Å². The Balaban J connectivity index is 1.50. The number of hydrogen-bond acceptors (Lipinski definition) is 6. The maximum Gasteiger partial charge on any atom is 0.439 e. The molecule has 230 valence electrons. The summed E-state index contributed by atoms with van der Waals surface area (Å²) in [6, 6.07) is 14.2. The van der Waals surface area contributed by atoms with Crippen molar-refractivity contribution >= 4 is 11.1 Å². The average Bonchev–Trinajstić information content (AvgIpc) is 3.43. The molecular weight excluding hydrogens is 552 g/mol. The molecule has 0 amide bonds. The van der Waals surface area contributed by atoms with Gasteiger partial charge >= 0.3 is 5.76 Å². The van der Waals surface area contributed by atoms with E-state index in [-0.39, 0.29) is 11.2 Å². The fourth-order valence-electron chi connectivity index (χ4n) is 5.89. The first-order valence-corrected chi connectivity index (χ1v) is 15.6. The van der Waals surface area contributed by atoms with Crippen LogP contribution < -0.4 is 16.1 Å². The lowest BCUT2D eigenvalue weighted by molar-refractivity contribution is 0.0847. The second-order valence-corrected chi connectivity index (χ2v) is 12.0. The SMILES string of the molecule is C/C=C(\C(=C/CC)c1ccc(Cc2c(CCCC)nc(C)n(-c3ccc4c(c3)CCC(C)(C)O4)c2=O)cc1)c1noc(=O)[nH]1. The molecule has 2 aromatic heterocycles. The van der Waals surface area contributed by atoms with Crippen molar-refractivity contribution < 1.29 is 9.26 Å². The third kappa shape index (κ3) is 6.54. The van der Waals surface area contributed by atoms with Crippen LogP contribution >= 0.6 is 0 Å². The average molecular weight is 595 g/mol. The molecular formula is C36H42N4O4. The van der Waals surface area contributed by atoms with E-state index >= 15 is 0 Å². The number of aryl methyl sites for hydroxylation is 3. The molecule has 0 radical (unpaired) electrons. The predicted octanol–water partition coefficient (Wildman–Crippen LogP) is 7.15. The zero-order valence-electron chi connectivity index (χ0n) is 26.6. The highest BCUT2D eigenvalue weighted by Gasteiger charge is 2.27. The quantitative estimate of drug-likeness (QED) is 0.196. The first kappa shape index (κ1) is 31.0. The third-order valence-electron chi connectivity index (χ3n) is 8.21. The minimum absolute atomic E-state index is 0.0255. The lowest BCUT2D eigenvalue weighted by Crippen LogP contribution is -2.33. The van der Waals surface area contributed by atoms with Gasteiger partial charge in [0.15, 0.2) is 5.82 Å². The van der Waals surface area contributed by atoms with Gasteiger partial charge in [0.1, 0.15) is 17.2 Å². The molecule has 8 heteroatoms. The lowest BCUT2D eigenvalue weighted by Gasteiger charge is -2.32. The molecule has 0 saturated carbocycles. The Labute approximate surface area is 258 Å². The fourth-order valence-corrected chi connectivity index (χ4v) is 5.89. The molecule has 2 aromatic carbocycles. The molecule has 4 aromatic rings. The number of hydrogen-bond donors (Lipinski definition) is 1. The van der Waals surface area contributed by atoms with Crippen LogP contribution in [0.1, 0.15) is 99.9 Å². The summed E-state index contributed by atoms with van der Waals surface area (Å²) in [6.45, 7) is 12.3. The first-order valence-electron chi connectivity index (χ1n) is 15.6. The van der Waals surface area contributed by atoms with Crippen LogP contribution in [0.15, 0.2) is 68.7 Å². The summed E-state index contributed by atoms with van der Waals surface area (Å²) in [5.74, 6) is 1.38. The summed E-state index contributed by atoms with van der Waals surface area (Å²) in [7, 11) is 0. The van der Waals surface area contributed by atoms with E-state index in [1.807, 2.05) is 32.1 Å². The zero-order valence-corrected chi connectivity index (χ0v) is 26.6. The Hall–Kier alpha value is -4.46. The Morgan fingerprint density at radius 3 is 2.52 bits per heavy atom. The molecule has 44 heavy (non-hydrogen) atoms. The first-order chi connectivity index (χ1) is 21.1. The van der Waals surface area contributed by atoms with Crippen molar-refractivity contribution in [2.45, 2.75) is 92.1 Å². The van der Waals surface area contributed by atoms with Crippen LogP contribution in [-0.2, 0) is 19.3 Å². The van der Waals surface area contributed by atoms with Gasteiger partial charge in [-0.05, 0) is 100 Å². The van der Waals surface area contributed by atoms with Crippen LogP contribution in [0.3, 0.4) is 0 Å². The molecule has 0 aliphatic carbocycles. The Morgan fingerprint density at radius 1 is 1.09 bits per heavy atom. The monoisotopic (exact) mass is 594 g/mol. The number of allylic oxidation sites excluding steroid dienone is 4. The van der Waals surface area contributed by atoms with Gasteiger partial charge in [-0.25, -0.2) is 9.78 Å². The van der Waals surface area contributed by atoms with Gasteiger partial charge < -0.3 is 4.74 Å². The molecule has 1 aliphatic rings. The summed E-state index contributed by atoms with van der Waals surface area (Å²) in [5.41, 5.74) is 7.07. The number of nitrogens with one attached hydrogen (secondary N) is 1. The lowest BCUT2D eigenvalue weighted by atomic mass is 9.93. The van der Waals surface area contributed by atoms with Crippen molar-refractivity contribution in [3.63, 3.8) is 0 Å². The van der Waals surface area contributed by atoms with Crippen LogP contribution in [0.2, 0.25) is 0 Å². The largest absolute Gasteiger partial charge is 0.488 e. The maximum absolute atomic E-state index is 14.2. The standard InChI is InChI=1S/C36H42N4O4/c1-7-10-12-31-30(34(41)40(23(4)37-31)27-17-18-32-26(22-27)19-20-36(5,6)43-32)21-24-13-15-25(16-14-24)29(11-8-2)28(9-3)33-38-35(42)44-39-33/h9,11,13-18,22H,7-8,10,12,19-21H2,1-6H3,(H,38,39,42)/b28-9+,29-11-. The summed E-state index contributed by atoms with van der Waals surface area (Å²) in [5, 5.41) is 3.90. The van der Waals surface area contributed by atoms with E-state index in [0.29, 0.717) is 18.1 Å². The number of ether oxygens (including phenoxy) is 1. The highest BCUT2D eigenvalue weighted by Crippen LogP contribution is 2.34. The second kappa shape index (κ2) is 13.0. The summed E-state index contributed by atoms with van der Waals surface area (Å²) in [6.07, 6.45) is 9.88. The second-order valence-electron chi connectivity index (χ2n) is 12.0. The van der Waals surface area contributed by atoms with Gasteiger partial charge in [-0.1, -0.05) is 61.8 Å². The molecule has 5 rings (SSSR count). The number of aromatic nitrogens is 4. The molecule has 0 spiro atoms. The van der Waals surface area contributed by atoms with Crippen molar-refractivity contribution in [2.24, 2.45) is 0 Å². The predicted molar refractivity (Wildman–Crippen MR) is 175 cm³/mol. The number of fused-ring (bicyclic) bond motifs is 1. The Kier molecular flexibility index (Phi) is 9.18. The summed E-state index contributed by atoms with van der Waals surface area (Å²) < 4.78 is 12.7. The Morgan fingerprint density at radius 2 is 1.86 bits per heavy atom. The molecule has 1 aliphatic heterocycles. The van der Waals surface area contributed by atoms with Gasteiger partial charge in [0.2, 0.25) is 0 Å². The molecule has 0 unspecified atom stereocenters. The van der Waals surface area contributed by atoms with Crippen molar-refractivity contribution in [1.82, 2.24) is 19.7 Å². The van der Waals surface area contributed by atoms with E-state index < -0.39 is 5.76 Å². The summed E-state index contributed by atoms with van der Waals surface area (Å²) >= 11 is 0. The topological polar surface area (TPSA) is 103 Å². The van der Waals surface area contributed by atoms with Gasteiger partial charge in [-0.3, -0.25) is 18.9 Å². The molecule has 0 bridgehead atoms. The normalized spacial score (nSPS) is 14.8. The summed E-state index contributed by atoms with van der Waals surface area (Å²) in [4.78, 5) is 33.5. The highest BCUT2D eigenvalue weighted by molar-refractivity contribution is 6.03. The van der Waals surface area contributed by atoms with Gasteiger partial charge in [0, 0.05) is 17.6 Å². The Bertz CT molecular complexity index is 1820. The fraction of sp³-hybridized carbons (Fsp3) is 0.389. The maximum atomic E-state index is 14.2. The zero-order chi connectivity index (χ0) is 31.4. The molecule has 3 heterocycles. The minimum Gasteiger partial charge on any atom is -0.488 e. The van der Waals surface area contributed by atoms with E-state index in [1.54, 1.807) is 4.57 Å². The van der Waals surface area contributed by atoms with Crippen molar-refractivity contribution in [2.75, 3.05) is 0 Å². The van der Waals surface area contributed by atoms with Crippen LogP contribution in [0.25, 0.3) is 16.8 Å². The smallest absolute Gasteiger partial charge is 0.439 e. The van der Waals surface area contributed by atoms with Gasteiger partial charge in [-0.15, -0.1) is 0 Å². The van der Waals surface area contributed by atoms with Crippen LogP contribution in [0, 0.1) is 6.92 Å². The van der Waals surface area contributed by atoms with Crippen LogP contribution in [0.5, 0.6) is 5.75 Å². The van der Waals surface area contributed by atoms with E-state index in [4.69, 9.17) is 14.2 Å². The van der Waals surface area contributed by atoms with Crippen LogP contribution in [-0.4, -0.2) is 25.3 Å². The van der Waals surface area contributed by atoms with Gasteiger partial charge in [0.25, 0.3) is 5.56 Å². The number of H-pyrrole nitrogens is 1. The molecule has 8 nitrogen and oxygen atoms in total. The third-order valence-corrected chi connectivity index (χ3v) is 8.21. The van der Waals surface area contributed by atoms with Crippen molar-refractivity contribution in [1.29, 1.82) is 0 Å². The number of unbranched alkanes of at least 4 members (excludes halogenated alkanes) is 1. The highest BCUT2D eigenvalue weighted by atomic mass is 16.5. The molecule has 1 N–H and O–H groups in total. The van der Waals surface area contributed by atoms with Crippen LogP contribution in [0.4, 0.5) is 0 Å². The van der Waals surface area contributed by atoms with Gasteiger partial charge in [-0.2, -0.15) is 0 Å². The van der Waals surface area contributed by atoms with Crippen molar-refractivity contribution in [3.05, 3.63) is 115 Å². The molecule has 0 fully saturated rings. The minimum atomic E-state index is -0.588. The van der Waals surface area contributed by atoms with E-state index in [1.165, 1.54) is 0 Å².